The van der Waals surface area contributed by atoms with Crippen molar-refractivity contribution in [1.29, 1.82) is 0 Å². The molecule has 0 radical (unpaired) electrons. The summed E-state index contributed by atoms with van der Waals surface area (Å²) < 4.78 is 5.42. The molecule has 0 bridgehead atoms. The number of ether oxygens (including phenoxy) is 1. The van der Waals surface area contributed by atoms with Gasteiger partial charge in [0.25, 0.3) is 0 Å². The highest BCUT2D eigenvalue weighted by molar-refractivity contribution is 8.13. The van der Waals surface area contributed by atoms with Crippen LogP contribution in [0.15, 0.2) is 95.5 Å². The Labute approximate surface area is 202 Å². The van der Waals surface area contributed by atoms with Gasteiger partial charge in [-0.1, -0.05) is 84.6 Å². The van der Waals surface area contributed by atoms with E-state index in [0.717, 1.165) is 16.7 Å². The first kappa shape index (κ1) is 23.3. The zero-order valence-electron chi connectivity index (χ0n) is 18.6. The number of rotatable bonds is 7. The van der Waals surface area contributed by atoms with Gasteiger partial charge >= 0.3 is 11.9 Å². The van der Waals surface area contributed by atoms with Gasteiger partial charge in [0.2, 0.25) is 0 Å². The molecule has 0 spiro atoms. The van der Waals surface area contributed by atoms with Crippen molar-refractivity contribution in [2.45, 2.75) is 18.7 Å². The van der Waals surface area contributed by atoms with Gasteiger partial charge in [0.15, 0.2) is 5.17 Å². The van der Waals surface area contributed by atoms with Crippen LogP contribution in [0.2, 0.25) is 0 Å². The standard InChI is InChI=1S/C27H24N2O4S/c1-2-33-26(32)22-23(19-9-5-3-6-10-19)28-27(29-24(22)20-11-7-4-8-12-20)34-17-18-13-15-21(16-14-18)25(30)31/h3-16,23H,2,17H2,1H3,(H,28,29)(H,30,31)/t23-/m0/s1. The molecule has 0 saturated heterocycles. The topological polar surface area (TPSA) is 88.0 Å². The largest absolute Gasteiger partial charge is 0.478 e. The predicted molar refractivity (Wildman–Crippen MR) is 134 cm³/mol. The van der Waals surface area contributed by atoms with Gasteiger partial charge in [-0.05, 0) is 35.7 Å². The summed E-state index contributed by atoms with van der Waals surface area (Å²) in [6.45, 7) is 2.05. The summed E-state index contributed by atoms with van der Waals surface area (Å²) in [6, 6.07) is 25.6. The van der Waals surface area contributed by atoms with E-state index in [1.165, 1.54) is 11.8 Å². The number of aliphatic imine (C=N–C) groups is 1. The Bertz CT molecular complexity index is 1220. The highest BCUT2D eigenvalue weighted by Crippen LogP contribution is 2.36. The summed E-state index contributed by atoms with van der Waals surface area (Å²) >= 11 is 1.49. The first-order chi connectivity index (χ1) is 16.6. The Morgan fingerprint density at radius 2 is 1.62 bits per heavy atom. The van der Waals surface area contributed by atoms with Gasteiger partial charge in [-0.25, -0.2) is 14.6 Å². The van der Waals surface area contributed by atoms with E-state index >= 15 is 0 Å². The molecule has 2 N–H and O–H groups in total. The van der Waals surface area contributed by atoms with E-state index in [9.17, 15) is 9.59 Å². The lowest BCUT2D eigenvalue weighted by molar-refractivity contribution is -0.138. The normalized spacial score (nSPS) is 15.3. The van der Waals surface area contributed by atoms with Crippen LogP contribution in [0.5, 0.6) is 0 Å². The number of carboxylic acids is 1. The number of hydrogen-bond acceptors (Lipinski definition) is 6. The molecule has 34 heavy (non-hydrogen) atoms. The van der Waals surface area contributed by atoms with Gasteiger partial charge in [-0.2, -0.15) is 0 Å². The summed E-state index contributed by atoms with van der Waals surface area (Å²) in [6.07, 6.45) is 0. The lowest BCUT2D eigenvalue weighted by Crippen LogP contribution is -2.31. The van der Waals surface area contributed by atoms with Gasteiger partial charge in [0.05, 0.1) is 23.4 Å². The van der Waals surface area contributed by atoms with E-state index in [4.69, 9.17) is 14.8 Å². The fourth-order valence-corrected chi connectivity index (χ4v) is 4.48. The predicted octanol–water partition coefficient (Wildman–Crippen LogP) is 5.29. The molecule has 1 aliphatic rings. The van der Waals surface area contributed by atoms with Gasteiger partial charge in [0.1, 0.15) is 6.04 Å². The molecule has 1 heterocycles. The van der Waals surface area contributed by atoms with Crippen LogP contribution < -0.4 is 5.32 Å². The molecule has 7 heteroatoms. The van der Waals surface area contributed by atoms with Crippen molar-refractivity contribution in [2.24, 2.45) is 4.99 Å². The summed E-state index contributed by atoms with van der Waals surface area (Å²) in [5, 5.41) is 13.1. The average Bonchev–Trinajstić information content (AvgIpc) is 2.88. The van der Waals surface area contributed by atoms with Crippen LogP contribution >= 0.6 is 11.8 Å². The molecule has 3 aromatic carbocycles. The Hall–Kier alpha value is -3.84. The van der Waals surface area contributed by atoms with E-state index in [-0.39, 0.29) is 12.2 Å². The first-order valence-electron chi connectivity index (χ1n) is 10.9. The zero-order chi connectivity index (χ0) is 23.9. The number of aromatic carboxylic acids is 1. The molecule has 0 aromatic heterocycles. The summed E-state index contributed by atoms with van der Waals surface area (Å²) in [5.41, 5.74) is 4.12. The number of esters is 1. The minimum atomic E-state index is -0.952. The molecule has 1 aliphatic heterocycles. The maximum atomic E-state index is 13.1. The van der Waals surface area contributed by atoms with Gasteiger partial charge in [-0.3, -0.25) is 0 Å². The van der Waals surface area contributed by atoms with Crippen LogP contribution in [0.1, 0.15) is 40.0 Å². The lowest BCUT2D eigenvalue weighted by atomic mass is 9.94. The molecule has 1 atom stereocenters. The molecule has 0 amide bonds. The molecule has 3 aromatic rings. The van der Waals surface area contributed by atoms with E-state index in [1.54, 1.807) is 31.2 Å². The van der Waals surface area contributed by atoms with Crippen LogP contribution in [-0.2, 0) is 15.3 Å². The van der Waals surface area contributed by atoms with Crippen molar-refractivity contribution in [2.75, 3.05) is 6.61 Å². The van der Waals surface area contributed by atoms with Crippen LogP contribution in [0.3, 0.4) is 0 Å². The number of amidine groups is 1. The molecule has 0 saturated carbocycles. The molecule has 0 fully saturated rings. The van der Waals surface area contributed by atoms with Crippen LogP contribution in [0.4, 0.5) is 0 Å². The van der Waals surface area contributed by atoms with E-state index in [1.807, 2.05) is 60.7 Å². The van der Waals surface area contributed by atoms with Gasteiger partial charge in [-0.15, -0.1) is 0 Å². The number of hydrogen-bond donors (Lipinski definition) is 2. The van der Waals surface area contributed by atoms with Crippen molar-refractivity contribution in [3.8, 4) is 0 Å². The second kappa shape index (κ2) is 10.9. The minimum absolute atomic E-state index is 0.249. The number of carbonyl (C=O) groups excluding carboxylic acids is 1. The third-order valence-corrected chi connectivity index (χ3v) is 6.23. The Morgan fingerprint density at radius 3 is 2.24 bits per heavy atom. The Balaban J connectivity index is 1.70. The van der Waals surface area contributed by atoms with Crippen molar-refractivity contribution >= 4 is 34.6 Å². The summed E-state index contributed by atoms with van der Waals surface area (Å²) in [7, 11) is 0. The number of carbonyl (C=O) groups is 2. The SMILES string of the molecule is CCOC(=O)C1=C(c2ccccc2)NC(SCc2ccc(C(=O)O)cc2)=N[C@H]1c1ccccc1. The summed E-state index contributed by atoms with van der Waals surface area (Å²) in [4.78, 5) is 29.1. The van der Waals surface area contributed by atoms with Crippen LogP contribution in [-0.4, -0.2) is 28.8 Å². The van der Waals surface area contributed by atoms with E-state index in [2.05, 4.69) is 5.32 Å². The fourth-order valence-electron chi connectivity index (χ4n) is 3.63. The van der Waals surface area contributed by atoms with Crippen molar-refractivity contribution in [1.82, 2.24) is 5.32 Å². The second-order valence-electron chi connectivity index (χ2n) is 7.54. The monoisotopic (exact) mass is 472 g/mol. The quantitative estimate of drug-likeness (QED) is 0.454. The molecule has 6 nitrogen and oxygen atoms in total. The van der Waals surface area contributed by atoms with Crippen molar-refractivity contribution in [3.05, 3.63) is 113 Å². The van der Waals surface area contributed by atoms with Crippen LogP contribution in [0.25, 0.3) is 5.70 Å². The number of benzene rings is 3. The highest BCUT2D eigenvalue weighted by Gasteiger charge is 2.32. The summed E-state index contributed by atoms with van der Waals surface area (Å²) in [5.74, 6) is -0.767. The Kier molecular flexibility index (Phi) is 7.44. The number of thioether (sulfide) groups is 1. The average molecular weight is 473 g/mol. The van der Waals surface area contributed by atoms with Crippen molar-refractivity contribution < 1.29 is 19.4 Å². The van der Waals surface area contributed by atoms with Crippen LogP contribution in [0, 0.1) is 0 Å². The van der Waals surface area contributed by atoms with Gasteiger partial charge in [0, 0.05) is 5.75 Å². The number of carboxylic acid groups (broad SMARTS) is 1. The van der Waals surface area contributed by atoms with E-state index in [0.29, 0.717) is 22.2 Å². The third-order valence-electron chi connectivity index (χ3n) is 5.27. The minimum Gasteiger partial charge on any atom is -0.478 e. The molecule has 4 rings (SSSR count). The smallest absolute Gasteiger partial charge is 0.338 e. The highest BCUT2D eigenvalue weighted by atomic mass is 32.2. The zero-order valence-corrected chi connectivity index (χ0v) is 19.4. The maximum absolute atomic E-state index is 13.1. The number of nitrogens with one attached hydrogen (secondary N) is 1. The fraction of sp³-hybridized carbons (Fsp3) is 0.148. The Morgan fingerprint density at radius 1 is 0.971 bits per heavy atom. The molecular weight excluding hydrogens is 448 g/mol. The maximum Gasteiger partial charge on any atom is 0.338 e. The molecule has 0 unspecified atom stereocenters. The number of nitrogens with zero attached hydrogens (tertiary/aromatic N) is 1. The third kappa shape index (κ3) is 5.38. The van der Waals surface area contributed by atoms with Gasteiger partial charge < -0.3 is 15.2 Å². The molecular formula is C27H24N2O4S. The molecule has 172 valence electrons. The second-order valence-corrected chi connectivity index (χ2v) is 8.50. The lowest BCUT2D eigenvalue weighted by Gasteiger charge is -2.27. The van der Waals surface area contributed by atoms with E-state index < -0.39 is 18.0 Å². The first-order valence-corrected chi connectivity index (χ1v) is 11.9. The van der Waals surface area contributed by atoms with Crippen molar-refractivity contribution in [3.63, 3.8) is 0 Å². The molecule has 0 aliphatic carbocycles.